The van der Waals surface area contributed by atoms with Gasteiger partial charge in [0.2, 0.25) is 0 Å². The second-order valence-electron chi connectivity index (χ2n) is 6.65. The van der Waals surface area contributed by atoms with Crippen molar-refractivity contribution in [1.29, 1.82) is 0 Å². The van der Waals surface area contributed by atoms with Crippen LogP contribution in [0.25, 0.3) is 0 Å². The molecule has 0 atom stereocenters. The van der Waals surface area contributed by atoms with Gasteiger partial charge in [0.1, 0.15) is 0 Å². The van der Waals surface area contributed by atoms with Crippen LogP contribution in [0, 0.1) is 5.41 Å². The van der Waals surface area contributed by atoms with Crippen molar-refractivity contribution in [3.63, 3.8) is 0 Å². The van der Waals surface area contributed by atoms with E-state index in [0.717, 1.165) is 42.5 Å². The molecule has 0 bridgehead atoms. The molecule has 0 saturated heterocycles. The normalized spacial score (nSPS) is 14.5. The summed E-state index contributed by atoms with van der Waals surface area (Å²) in [6, 6.07) is 5.87. The molecule has 1 aromatic carbocycles. The molecule has 1 aliphatic heterocycles. The van der Waals surface area contributed by atoms with Gasteiger partial charge in [-0.15, -0.1) is 24.0 Å². The fraction of sp³-hybridized carbons (Fsp3) is 0.588. The summed E-state index contributed by atoms with van der Waals surface area (Å²) < 4.78 is 11.3. The number of hydrogen-bond donors (Lipinski definition) is 2. The van der Waals surface area contributed by atoms with Crippen LogP contribution in [0.15, 0.2) is 23.2 Å². The summed E-state index contributed by atoms with van der Waals surface area (Å²) >= 11 is 0. The van der Waals surface area contributed by atoms with E-state index in [9.17, 15) is 0 Å². The Bertz CT molecular complexity index is 527. The lowest BCUT2D eigenvalue weighted by molar-refractivity contribution is 0.297. The first-order valence-electron chi connectivity index (χ1n) is 7.85. The number of ether oxygens (including phenoxy) is 2. The third kappa shape index (κ3) is 6.85. The van der Waals surface area contributed by atoms with Crippen LogP contribution in [0.4, 0.5) is 5.69 Å². The maximum absolute atomic E-state index is 5.70. The minimum atomic E-state index is 0. The Morgan fingerprint density at radius 1 is 1.17 bits per heavy atom. The first-order chi connectivity index (χ1) is 10.5. The zero-order valence-corrected chi connectivity index (χ0v) is 16.8. The first-order valence-corrected chi connectivity index (χ1v) is 7.85. The molecule has 1 aliphatic rings. The van der Waals surface area contributed by atoms with Crippen LogP contribution >= 0.6 is 24.0 Å². The highest BCUT2D eigenvalue weighted by Gasteiger charge is 2.12. The second-order valence-corrected chi connectivity index (χ2v) is 6.65. The van der Waals surface area contributed by atoms with Gasteiger partial charge < -0.3 is 20.1 Å². The lowest BCUT2D eigenvalue weighted by Gasteiger charge is -2.19. The molecule has 0 aliphatic carbocycles. The van der Waals surface area contributed by atoms with E-state index in [1.165, 1.54) is 0 Å². The number of fused-ring (bicyclic) bond motifs is 1. The Balaban J connectivity index is 0.00000264. The third-order valence-corrected chi connectivity index (χ3v) is 3.40. The predicted molar refractivity (Wildman–Crippen MR) is 107 cm³/mol. The van der Waals surface area contributed by atoms with Crippen molar-refractivity contribution in [3.8, 4) is 11.5 Å². The Labute approximate surface area is 156 Å². The van der Waals surface area contributed by atoms with Crippen LogP contribution < -0.4 is 20.1 Å². The molecule has 0 radical (unpaired) electrons. The Hall–Kier alpha value is -1.18. The number of hydrogen-bond acceptors (Lipinski definition) is 3. The molecule has 0 saturated carbocycles. The van der Waals surface area contributed by atoms with Crippen LogP contribution in [0.1, 0.15) is 33.6 Å². The van der Waals surface area contributed by atoms with Gasteiger partial charge in [0, 0.05) is 31.8 Å². The number of nitrogens with one attached hydrogen (secondary N) is 2. The van der Waals surface area contributed by atoms with Crippen molar-refractivity contribution in [1.82, 2.24) is 5.32 Å². The smallest absolute Gasteiger partial charge is 0.195 e. The lowest BCUT2D eigenvalue weighted by atomic mass is 9.92. The summed E-state index contributed by atoms with van der Waals surface area (Å²) in [5.74, 6) is 2.35. The maximum atomic E-state index is 5.70. The second kappa shape index (κ2) is 9.20. The molecule has 6 heteroatoms. The van der Waals surface area contributed by atoms with E-state index in [2.05, 4.69) is 36.4 Å². The fourth-order valence-electron chi connectivity index (χ4n) is 2.11. The zero-order chi connectivity index (χ0) is 16.0. The minimum absolute atomic E-state index is 0. The van der Waals surface area contributed by atoms with E-state index < -0.39 is 0 Å². The Morgan fingerprint density at radius 3 is 2.52 bits per heavy atom. The third-order valence-electron chi connectivity index (χ3n) is 3.40. The van der Waals surface area contributed by atoms with Gasteiger partial charge in [-0.2, -0.15) is 0 Å². The van der Waals surface area contributed by atoms with Gasteiger partial charge in [-0.1, -0.05) is 20.8 Å². The molecule has 0 fully saturated rings. The average molecular weight is 433 g/mol. The van der Waals surface area contributed by atoms with E-state index in [-0.39, 0.29) is 24.0 Å². The number of anilines is 1. The largest absolute Gasteiger partial charge is 0.490 e. The van der Waals surface area contributed by atoms with Crippen molar-refractivity contribution in [2.45, 2.75) is 33.6 Å². The van der Waals surface area contributed by atoms with Gasteiger partial charge in [0.05, 0.1) is 13.2 Å². The zero-order valence-electron chi connectivity index (χ0n) is 14.4. The summed E-state index contributed by atoms with van der Waals surface area (Å²) in [5, 5.41) is 6.62. The van der Waals surface area contributed by atoms with Crippen molar-refractivity contribution in [2.75, 3.05) is 32.1 Å². The average Bonchev–Trinajstić information content (AvgIpc) is 2.69. The standard InChI is InChI=1S/C17H27N3O2.HI/c1-17(2,3)8-9-19-16(18-4)20-13-6-7-14-15(12-13)22-11-5-10-21-14;/h6-7,12H,5,8-11H2,1-4H3,(H2,18,19,20);1H. The number of rotatable bonds is 3. The van der Waals surface area contributed by atoms with Crippen molar-refractivity contribution >= 4 is 35.6 Å². The van der Waals surface area contributed by atoms with Crippen LogP contribution in [0.5, 0.6) is 11.5 Å². The predicted octanol–water partition coefficient (Wildman–Crippen LogP) is 3.89. The molecule has 2 N–H and O–H groups in total. The number of benzene rings is 1. The molecule has 130 valence electrons. The first kappa shape index (κ1) is 19.9. The van der Waals surface area contributed by atoms with Gasteiger partial charge in [-0.05, 0) is 24.0 Å². The van der Waals surface area contributed by atoms with E-state index in [4.69, 9.17) is 9.47 Å². The molecule has 1 aromatic rings. The number of aliphatic imine (C=N–C) groups is 1. The number of halogens is 1. The van der Waals surface area contributed by atoms with Crippen LogP contribution in [-0.4, -0.2) is 32.8 Å². The van der Waals surface area contributed by atoms with Crippen molar-refractivity contribution in [3.05, 3.63) is 18.2 Å². The molecule has 0 amide bonds. The van der Waals surface area contributed by atoms with Crippen LogP contribution in [-0.2, 0) is 0 Å². The SMILES string of the molecule is CN=C(NCCC(C)(C)C)Nc1ccc2c(c1)OCCCO2.I. The molecule has 0 spiro atoms. The Morgan fingerprint density at radius 2 is 1.87 bits per heavy atom. The summed E-state index contributed by atoms with van der Waals surface area (Å²) in [6.07, 6.45) is 1.99. The number of guanidine groups is 1. The molecule has 2 rings (SSSR count). The molecular formula is C17H28IN3O2. The topological polar surface area (TPSA) is 54.9 Å². The van der Waals surface area contributed by atoms with Gasteiger partial charge in [0.25, 0.3) is 0 Å². The van der Waals surface area contributed by atoms with Crippen LogP contribution in [0.3, 0.4) is 0 Å². The lowest BCUT2D eigenvalue weighted by Crippen LogP contribution is -2.33. The summed E-state index contributed by atoms with van der Waals surface area (Å²) in [4.78, 5) is 4.26. The van der Waals surface area contributed by atoms with Gasteiger partial charge in [-0.25, -0.2) is 0 Å². The van der Waals surface area contributed by atoms with Gasteiger partial charge >= 0.3 is 0 Å². The fourth-order valence-corrected chi connectivity index (χ4v) is 2.11. The van der Waals surface area contributed by atoms with E-state index in [1.807, 2.05) is 18.2 Å². The van der Waals surface area contributed by atoms with Crippen LogP contribution in [0.2, 0.25) is 0 Å². The monoisotopic (exact) mass is 433 g/mol. The molecule has 1 heterocycles. The minimum Gasteiger partial charge on any atom is -0.490 e. The highest BCUT2D eigenvalue weighted by molar-refractivity contribution is 14.0. The molecule has 0 unspecified atom stereocenters. The van der Waals surface area contributed by atoms with Gasteiger partial charge in [-0.3, -0.25) is 4.99 Å². The Kier molecular flexibility index (Phi) is 7.94. The molecule has 0 aromatic heterocycles. The molecule has 23 heavy (non-hydrogen) atoms. The summed E-state index contributed by atoms with van der Waals surface area (Å²) in [6.45, 7) is 8.97. The van der Waals surface area contributed by atoms with Gasteiger partial charge in [0.15, 0.2) is 17.5 Å². The summed E-state index contributed by atoms with van der Waals surface area (Å²) in [7, 11) is 1.77. The van der Waals surface area contributed by atoms with Crippen molar-refractivity contribution < 1.29 is 9.47 Å². The van der Waals surface area contributed by atoms with E-state index in [1.54, 1.807) is 7.05 Å². The highest BCUT2D eigenvalue weighted by atomic mass is 127. The summed E-state index contributed by atoms with van der Waals surface area (Å²) in [5.41, 5.74) is 1.24. The maximum Gasteiger partial charge on any atom is 0.195 e. The quantitative estimate of drug-likeness (QED) is 0.432. The molecular weight excluding hydrogens is 405 g/mol. The van der Waals surface area contributed by atoms with E-state index >= 15 is 0 Å². The highest BCUT2D eigenvalue weighted by Crippen LogP contribution is 2.32. The number of nitrogens with zero attached hydrogens (tertiary/aromatic N) is 1. The van der Waals surface area contributed by atoms with Crippen molar-refractivity contribution in [2.24, 2.45) is 10.4 Å². The molecule has 5 nitrogen and oxygen atoms in total. The van der Waals surface area contributed by atoms with E-state index in [0.29, 0.717) is 18.6 Å².